The van der Waals surface area contributed by atoms with E-state index in [9.17, 15) is 9.90 Å². The summed E-state index contributed by atoms with van der Waals surface area (Å²) in [7, 11) is 0. The Kier molecular flexibility index (Phi) is 6.62. The number of carbonyl (C=O) groups excluding carboxylic acids is 1. The molecule has 1 amide bonds. The Morgan fingerprint density at radius 2 is 2.17 bits per heavy atom. The third-order valence-corrected chi connectivity index (χ3v) is 6.49. The zero-order valence-electron chi connectivity index (χ0n) is 16.8. The number of rotatable bonds is 7. The molecule has 5 N–H and O–H groups in total. The molecule has 0 bridgehead atoms. The third kappa shape index (κ3) is 5.36. The second-order valence-electron chi connectivity index (χ2n) is 8.06. The van der Waals surface area contributed by atoms with Gasteiger partial charge in [-0.1, -0.05) is 42.5 Å². The second-order valence-corrected chi connectivity index (χ2v) is 8.94. The van der Waals surface area contributed by atoms with Gasteiger partial charge in [0.25, 0.3) is 0 Å². The van der Waals surface area contributed by atoms with Crippen LogP contribution < -0.4 is 16.4 Å². The van der Waals surface area contributed by atoms with E-state index in [0.717, 1.165) is 36.9 Å². The van der Waals surface area contributed by atoms with Crippen molar-refractivity contribution in [3.8, 4) is 0 Å². The number of aliphatic hydroxyl groups excluding tert-OH is 1. The molecule has 1 aliphatic carbocycles. The van der Waals surface area contributed by atoms with E-state index in [2.05, 4.69) is 27.8 Å². The molecule has 2 aromatic rings. The van der Waals surface area contributed by atoms with Crippen LogP contribution in [-0.2, 0) is 11.2 Å². The molecule has 0 spiro atoms. The molecule has 2 aliphatic rings. The number of amides is 1. The number of nitrogens with two attached hydrogens (primary N) is 1. The molecule has 1 saturated heterocycles. The van der Waals surface area contributed by atoms with Gasteiger partial charge in [0.15, 0.2) is 5.13 Å². The fourth-order valence-corrected chi connectivity index (χ4v) is 4.80. The first kappa shape index (κ1) is 20.8. The van der Waals surface area contributed by atoms with Gasteiger partial charge in [0.1, 0.15) is 0 Å². The first-order valence-electron chi connectivity index (χ1n) is 10.4. The lowest BCUT2D eigenvalue weighted by atomic mass is 9.92. The van der Waals surface area contributed by atoms with Crippen molar-refractivity contribution in [1.29, 1.82) is 0 Å². The fourth-order valence-electron chi connectivity index (χ4n) is 4.24. The van der Waals surface area contributed by atoms with E-state index < -0.39 is 6.10 Å². The summed E-state index contributed by atoms with van der Waals surface area (Å²) in [6.45, 7) is 0. The van der Waals surface area contributed by atoms with Gasteiger partial charge in [-0.05, 0) is 43.2 Å². The molecule has 6 nitrogen and oxygen atoms in total. The Hall–Kier alpha value is -2.48. The van der Waals surface area contributed by atoms with Crippen molar-refractivity contribution in [2.24, 2.45) is 5.92 Å². The van der Waals surface area contributed by atoms with Gasteiger partial charge < -0.3 is 21.5 Å². The molecule has 1 aromatic carbocycles. The van der Waals surface area contributed by atoms with Crippen molar-refractivity contribution < 1.29 is 9.90 Å². The number of nitrogens with one attached hydrogen (secondary N) is 2. The van der Waals surface area contributed by atoms with Gasteiger partial charge in [-0.3, -0.25) is 4.79 Å². The maximum Gasteiger partial charge on any atom is 0.230 e. The fraction of sp³-hybridized carbons (Fsp3) is 0.391. The lowest BCUT2D eigenvalue weighted by Gasteiger charge is -2.23. The van der Waals surface area contributed by atoms with E-state index in [-0.39, 0.29) is 18.4 Å². The van der Waals surface area contributed by atoms with Crippen molar-refractivity contribution in [2.45, 2.75) is 50.3 Å². The average molecular weight is 425 g/mol. The number of aromatic nitrogens is 1. The summed E-state index contributed by atoms with van der Waals surface area (Å²) in [5.41, 5.74) is 8.12. The minimum atomic E-state index is -0.465. The SMILES string of the molecule is Nc1nc(CC(=O)NC2=CCC(CC3CC[C@H]([C@H](O)c4ccccc4)N3)C=C2)cs1. The van der Waals surface area contributed by atoms with Gasteiger partial charge in [0.05, 0.1) is 18.2 Å². The maximum atomic E-state index is 12.2. The van der Waals surface area contributed by atoms with E-state index in [1.165, 1.54) is 11.3 Å². The Labute approximate surface area is 180 Å². The van der Waals surface area contributed by atoms with Gasteiger partial charge >= 0.3 is 0 Å². The van der Waals surface area contributed by atoms with Crippen molar-refractivity contribution in [2.75, 3.05) is 5.73 Å². The van der Waals surface area contributed by atoms with Gasteiger partial charge in [0, 0.05) is 23.2 Å². The number of carbonyl (C=O) groups is 1. The predicted molar refractivity (Wildman–Crippen MR) is 120 cm³/mol. The molecule has 30 heavy (non-hydrogen) atoms. The zero-order chi connectivity index (χ0) is 20.9. The molecular formula is C23H28N4O2S. The van der Waals surface area contributed by atoms with Crippen LogP contribution in [-0.4, -0.2) is 28.1 Å². The highest BCUT2D eigenvalue weighted by Crippen LogP contribution is 2.29. The van der Waals surface area contributed by atoms with Gasteiger partial charge in [-0.15, -0.1) is 11.3 Å². The molecule has 158 valence electrons. The number of allylic oxidation sites excluding steroid dienone is 3. The first-order chi connectivity index (χ1) is 14.6. The number of hydrogen-bond acceptors (Lipinski definition) is 6. The molecule has 1 aliphatic heterocycles. The van der Waals surface area contributed by atoms with Crippen LogP contribution in [0.4, 0.5) is 5.13 Å². The standard InChI is InChI=1S/C23H28N4O2S/c24-23-27-19(14-30-23)13-21(28)26-17-8-6-15(7-9-17)12-18-10-11-20(25-18)22(29)16-4-2-1-3-5-16/h1-6,8-9,14-15,18,20,22,25,29H,7,10-13H2,(H2,24,27)(H,26,28)/t15?,18?,20-,22-/m1/s1. The van der Waals surface area contributed by atoms with Crippen LogP contribution in [0.1, 0.15) is 43.0 Å². The van der Waals surface area contributed by atoms with Crippen molar-refractivity contribution >= 4 is 22.4 Å². The number of hydrogen-bond donors (Lipinski definition) is 4. The lowest BCUT2D eigenvalue weighted by molar-refractivity contribution is -0.119. The van der Waals surface area contributed by atoms with Crippen LogP contribution in [0.2, 0.25) is 0 Å². The molecule has 2 unspecified atom stereocenters. The van der Waals surface area contributed by atoms with Gasteiger partial charge in [-0.25, -0.2) is 4.98 Å². The summed E-state index contributed by atoms with van der Waals surface area (Å²) in [4.78, 5) is 16.3. The monoisotopic (exact) mass is 424 g/mol. The number of nitrogen functional groups attached to an aromatic ring is 1. The molecule has 4 rings (SSSR count). The molecule has 7 heteroatoms. The smallest absolute Gasteiger partial charge is 0.230 e. The highest BCUT2D eigenvalue weighted by Gasteiger charge is 2.31. The summed E-state index contributed by atoms with van der Waals surface area (Å²) in [6.07, 6.45) is 10.0. The average Bonchev–Trinajstić information content (AvgIpc) is 3.38. The number of benzene rings is 1. The molecular weight excluding hydrogens is 396 g/mol. The molecule has 2 heterocycles. The second kappa shape index (κ2) is 9.55. The van der Waals surface area contributed by atoms with Crippen LogP contribution in [0, 0.1) is 5.92 Å². The minimum Gasteiger partial charge on any atom is -0.387 e. The zero-order valence-corrected chi connectivity index (χ0v) is 17.6. The predicted octanol–water partition coefficient (Wildman–Crippen LogP) is 3.09. The highest BCUT2D eigenvalue weighted by molar-refractivity contribution is 7.13. The van der Waals surface area contributed by atoms with E-state index >= 15 is 0 Å². The van der Waals surface area contributed by atoms with Crippen LogP contribution in [0.15, 0.2) is 59.6 Å². The number of thiazole rings is 1. The van der Waals surface area contributed by atoms with Gasteiger partial charge in [0.2, 0.25) is 5.91 Å². The Balaban J connectivity index is 1.21. The van der Waals surface area contributed by atoms with Crippen LogP contribution >= 0.6 is 11.3 Å². The molecule has 1 aromatic heterocycles. The molecule has 4 atom stereocenters. The maximum absolute atomic E-state index is 12.2. The summed E-state index contributed by atoms with van der Waals surface area (Å²) >= 11 is 1.34. The topological polar surface area (TPSA) is 100 Å². The number of nitrogens with zero attached hydrogens (tertiary/aromatic N) is 1. The molecule has 0 saturated carbocycles. The largest absolute Gasteiger partial charge is 0.387 e. The van der Waals surface area contributed by atoms with E-state index in [1.807, 2.05) is 41.8 Å². The Morgan fingerprint density at radius 1 is 1.33 bits per heavy atom. The number of anilines is 1. The minimum absolute atomic E-state index is 0.0788. The number of aliphatic hydroxyl groups is 1. The Morgan fingerprint density at radius 3 is 2.87 bits per heavy atom. The summed E-state index contributed by atoms with van der Waals surface area (Å²) in [5, 5.41) is 19.5. The van der Waals surface area contributed by atoms with Crippen LogP contribution in [0.5, 0.6) is 0 Å². The first-order valence-corrected chi connectivity index (χ1v) is 11.3. The highest BCUT2D eigenvalue weighted by atomic mass is 32.1. The third-order valence-electron chi connectivity index (χ3n) is 5.77. The Bertz CT molecular complexity index is 924. The van der Waals surface area contributed by atoms with E-state index in [0.29, 0.717) is 22.8 Å². The van der Waals surface area contributed by atoms with E-state index in [1.54, 1.807) is 0 Å². The summed E-state index contributed by atoms with van der Waals surface area (Å²) in [5.74, 6) is 0.360. The van der Waals surface area contributed by atoms with Gasteiger partial charge in [-0.2, -0.15) is 0 Å². The van der Waals surface area contributed by atoms with E-state index in [4.69, 9.17) is 5.73 Å². The summed E-state index contributed by atoms with van der Waals surface area (Å²) < 4.78 is 0. The quantitative estimate of drug-likeness (QED) is 0.547. The lowest BCUT2D eigenvalue weighted by Crippen LogP contribution is -2.35. The van der Waals surface area contributed by atoms with Crippen molar-refractivity contribution in [3.05, 3.63) is 70.9 Å². The molecule has 0 radical (unpaired) electrons. The van der Waals surface area contributed by atoms with Crippen molar-refractivity contribution in [3.63, 3.8) is 0 Å². The molecule has 1 fully saturated rings. The van der Waals surface area contributed by atoms with Crippen LogP contribution in [0.25, 0.3) is 0 Å². The van der Waals surface area contributed by atoms with Crippen LogP contribution in [0.3, 0.4) is 0 Å². The van der Waals surface area contributed by atoms with Crippen molar-refractivity contribution in [1.82, 2.24) is 15.6 Å². The summed E-state index contributed by atoms with van der Waals surface area (Å²) in [6, 6.07) is 10.4. The normalized spacial score (nSPS) is 24.4.